The summed E-state index contributed by atoms with van der Waals surface area (Å²) in [5.74, 6) is 0.195. The van der Waals surface area contributed by atoms with Crippen LogP contribution in [0.3, 0.4) is 0 Å². The van der Waals surface area contributed by atoms with Crippen LogP contribution >= 0.6 is 23.1 Å². The van der Waals surface area contributed by atoms with E-state index in [1.807, 2.05) is 24.3 Å². The Hall–Kier alpha value is -2.72. The summed E-state index contributed by atoms with van der Waals surface area (Å²) < 4.78 is 46.1. The lowest BCUT2D eigenvalue weighted by atomic mass is 10.2. The number of methoxy groups -OCH3 is 1. The molecular formula is C19H15F3N2O3S2. The molecule has 3 aromatic rings. The molecule has 0 spiro atoms. The lowest BCUT2D eigenvalue weighted by molar-refractivity contribution is -0.274. The zero-order valence-corrected chi connectivity index (χ0v) is 16.7. The molecule has 1 N–H and O–H groups in total. The van der Waals surface area contributed by atoms with E-state index in [0.29, 0.717) is 20.7 Å². The van der Waals surface area contributed by atoms with E-state index in [0.717, 1.165) is 11.3 Å². The Morgan fingerprint density at radius 2 is 1.76 bits per heavy atom. The number of hydrogen-bond donors (Lipinski definition) is 1. The highest BCUT2D eigenvalue weighted by atomic mass is 32.2. The number of ether oxygens (including phenoxy) is 2. The fourth-order valence-electron chi connectivity index (χ4n) is 2.23. The number of thiazole rings is 1. The van der Waals surface area contributed by atoms with Crippen molar-refractivity contribution in [2.24, 2.45) is 0 Å². The van der Waals surface area contributed by atoms with Crippen molar-refractivity contribution in [1.82, 2.24) is 10.3 Å². The van der Waals surface area contributed by atoms with Gasteiger partial charge in [-0.05, 0) is 42.0 Å². The van der Waals surface area contributed by atoms with Gasteiger partial charge >= 0.3 is 6.36 Å². The molecular weight excluding hydrogens is 425 g/mol. The average Bonchev–Trinajstić information content (AvgIpc) is 3.15. The van der Waals surface area contributed by atoms with Crippen molar-refractivity contribution < 1.29 is 27.4 Å². The van der Waals surface area contributed by atoms with Crippen molar-refractivity contribution >= 4 is 29.0 Å². The van der Waals surface area contributed by atoms with Crippen LogP contribution in [0.2, 0.25) is 0 Å². The molecule has 0 aliphatic carbocycles. The van der Waals surface area contributed by atoms with Gasteiger partial charge in [0.1, 0.15) is 16.4 Å². The van der Waals surface area contributed by atoms with Gasteiger partial charge < -0.3 is 14.8 Å². The first kappa shape index (κ1) is 21.0. The maximum atomic E-state index is 12.3. The van der Waals surface area contributed by atoms with Crippen molar-refractivity contribution in [3.05, 3.63) is 65.2 Å². The molecule has 2 aromatic carbocycles. The number of nitrogens with one attached hydrogen (secondary N) is 1. The molecule has 0 saturated carbocycles. The number of amides is 1. The molecule has 152 valence electrons. The largest absolute Gasteiger partial charge is 0.573 e. The fraction of sp³-hybridized carbons (Fsp3) is 0.158. The van der Waals surface area contributed by atoms with Crippen molar-refractivity contribution in [2.75, 3.05) is 7.11 Å². The summed E-state index contributed by atoms with van der Waals surface area (Å²) in [5.41, 5.74) is 0.930. The van der Waals surface area contributed by atoms with Gasteiger partial charge in [-0.25, -0.2) is 4.98 Å². The van der Waals surface area contributed by atoms with Crippen molar-refractivity contribution in [1.29, 1.82) is 0 Å². The number of alkyl halides is 3. The van der Waals surface area contributed by atoms with Crippen molar-refractivity contribution in [2.45, 2.75) is 22.1 Å². The summed E-state index contributed by atoms with van der Waals surface area (Å²) in [5, 5.41) is 2.82. The second-order valence-electron chi connectivity index (χ2n) is 5.64. The second kappa shape index (κ2) is 9.19. The summed E-state index contributed by atoms with van der Waals surface area (Å²) in [6, 6.07) is 12.8. The number of aromatic nitrogens is 1. The van der Waals surface area contributed by atoms with Crippen LogP contribution in [0.25, 0.3) is 0 Å². The third kappa shape index (κ3) is 6.40. The first-order chi connectivity index (χ1) is 13.8. The summed E-state index contributed by atoms with van der Waals surface area (Å²) in [4.78, 5) is 17.6. The minimum absolute atomic E-state index is 0.251. The van der Waals surface area contributed by atoms with Crippen LogP contribution in [0.5, 0.6) is 11.5 Å². The van der Waals surface area contributed by atoms with Gasteiger partial charge in [0.05, 0.1) is 13.3 Å². The van der Waals surface area contributed by atoms with E-state index in [1.165, 1.54) is 53.6 Å². The second-order valence-corrected chi connectivity index (χ2v) is 7.99. The van der Waals surface area contributed by atoms with Crippen LogP contribution < -0.4 is 14.8 Å². The van der Waals surface area contributed by atoms with Gasteiger partial charge in [0.25, 0.3) is 5.91 Å². The van der Waals surface area contributed by atoms with E-state index in [-0.39, 0.29) is 11.7 Å². The Balaban J connectivity index is 1.54. The molecule has 0 aliphatic rings. The highest BCUT2D eigenvalue weighted by molar-refractivity contribution is 8.01. The monoisotopic (exact) mass is 440 g/mol. The maximum Gasteiger partial charge on any atom is 0.573 e. The SMILES string of the molecule is COc1ccc(CNC(=O)c2cnc(Sc3ccc(OC(F)(F)F)cc3)s2)cc1. The predicted molar refractivity (Wildman–Crippen MR) is 104 cm³/mol. The van der Waals surface area contributed by atoms with Gasteiger partial charge in [-0.2, -0.15) is 0 Å². The normalized spacial score (nSPS) is 11.2. The van der Waals surface area contributed by atoms with Gasteiger partial charge in [0.15, 0.2) is 4.34 Å². The van der Waals surface area contributed by atoms with Crippen LogP contribution in [0.15, 0.2) is 64.0 Å². The van der Waals surface area contributed by atoms with Crippen LogP contribution in [-0.2, 0) is 6.54 Å². The van der Waals surface area contributed by atoms with Gasteiger partial charge in [0.2, 0.25) is 0 Å². The average molecular weight is 440 g/mol. The van der Waals surface area contributed by atoms with Gasteiger partial charge in [-0.3, -0.25) is 4.79 Å². The van der Waals surface area contributed by atoms with E-state index < -0.39 is 6.36 Å². The van der Waals surface area contributed by atoms with E-state index in [1.54, 1.807) is 7.11 Å². The highest BCUT2D eigenvalue weighted by Crippen LogP contribution is 2.33. The van der Waals surface area contributed by atoms with E-state index in [9.17, 15) is 18.0 Å². The predicted octanol–water partition coefficient (Wildman–Crippen LogP) is 5.13. The number of carbonyl (C=O) groups excluding carboxylic acids is 1. The standard InChI is InChI=1S/C19H15F3N2O3S2/c1-26-13-4-2-12(3-5-13)10-23-17(25)16-11-24-18(29-16)28-15-8-6-14(7-9-15)27-19(20,21)22/h2-9,11H,10H2,1H3,(H,23,25). The fourth-order valence-corrected chi connectivity index (χ4v) is 4.10. The number of hydrogen-bond acceptors (Lipinski definition) is 6. The van der Waals surface area contributed by atoms with Gasteiger partial charge in [-0.15, -0.1) is 24.5 Å². The highest BCUT2D eigenvalue weighted by Gasteiger charge is 2.30. The Bertz CT molecular complexity index is 958. The molecule has 0 unspecified atom stereocenters. The molecule has 0 fully saturated rings. The molecule has 29 heavy (non-hydrogen) atoms. The Morgan fingerprint density at radius 3 is 2.38 bits per heavy atom. The van der Waals surface area contributed by atoms with E-state index >= 15 is 0 Å². The van der Waals surface area contributed by atoms with Crippen LogP contribution in [-0.4, -0.2) is 24.4 Å². The summed E-state index contributed by atoms with van der Waals surface area (Å²) in [7, 11) is 1.58. The van der Waals surface area contributed by atoms with E-state index in [2.05, 4.69) is 15.0 Å². The lowest BCUT2D eigenvalue weighted by Gasteiger charge is -2.08. The third-order valence-electron chi connectivity index (χ3n) is 3.58. The third-order valence-corrected chi connectivity index (χ3v) is 5.66. The van der Waals surface area contributed by atoms with Crippen molar-refractivity contribution in [3.8, 4) is 11.5 Å². The first-order valence-corrected chi connectivity index (χ1v) is 9.86. The summed E-state index contributed by atoms with van der Waals surface area (Å²) >= 11 is 2.45. The molecule has 1 aromatic heterocycles. The molecule has 0 bridgehead atoms. The number of benzene rings is 2. The van der Waals surface area contributed by atoms with Gasteiger partial charge in [0, 0.05) is 11.4 Å². The van der Waals surface area contributed by atoms with Gasteiger partial charge in [-0.1, -0.05) is 23.9 Å². The minimum atomic E-state index is -4.72. The molecule has 0 radical (unpaired) electrons. The number of carbonyl (C=O) groups is 1. The number of nitrogens with zero attached hydrogens (tertiary/aromatic N) is 1. The van der Waals surface area contributed by atoms with E-state index in [4.69, 9.17) is 4.74 Å². The Labute approximate surface area is 172 Å². The minimum Gasteiger partial charge on any atom is -0.497 e. The zero-order valence-electron chi connectivity index (χ0n) is 15.0. The molecule has 0 aliphatic heterocycles. The molecule has 0 saturated heterocycles. The number of halogens is 3. The smallest absolute Gasteiger partial charge is 0.497 e. The molecule has 0 atom stereocenters. The van der Waals surface area contributed by atoms with Crippen LogP contribution in [0.1, 0.15) is 15.2 Å². The van der Waals surface area contributed by atoms with Crippen LogP contribution in [0, 0.1) is 0 Å². The topological polar surface area (TPSA) is 60.5 Å². The zero-order chi connectivity index (χ0) is 20.9. The van der Waals surface area contributed by atoms with Crippen LogP contribution in [0.4, 0.5) is 13.2 Å². The quantitative estimate of drug-likeness (QED) is 0.552. The number of rotatable bonds is 7. The maximum absolute atomic E-state index is 12.3. The lowest BCUT2D eigenvalue weighted by Crippen LogP contribution is -2.21. The Morgan fingerprint density at radius 1 is 1.10 bits per heavy atom. The molecule has 3 rings (SSSR count). The summed E-state index contributed by atoms with van der Waals surface area (Å²) in [6.45, 7) is 0.365. The Kier molecular flexibility index (Phi) is 6.65. The molecule has 5 nitrogen and oxygen atoms in total. The van der Waals surface area contributed by atoms with Crippen molar-refractivity contribution in [3.63, 3.8) is 0 Å². The molecule has 1 heterocycles. The molecule has 10 heteroatoms. The molecule has 1 amide bonds. The summed E-state index contributed by atoms with van der Waals surface area (Å²) in [6.07, 6.45) is -3.25. The first-order valence-electron chi connectivity index (χ1n) is 8.23.